The molecule has 3 aliphatic heterocycles. The Morgan fingerprint density at radius 1 is 0.578 bits per heavy atom. The summed E-state index contributed by atoms with van der Waals surface area (Å²) in [6, 6.07) is 0. The van der Waals surface area contributed by atoms with E-state index in [2.05, 4.69) is 6.58 Å². The highest BCUT2D eigenvalue weighted by atomic mass is 32.2. The van der Waals surface area contributed by atoms with Gasteiger partial charge in [0.05, 0.1) is 46.5 Å². The van der Waals surface area contributed by atoms with Crippen LogP contribution in [0, 0.1) is 11.8 Å². The van der Waals surface area contributed by atoms with Crippen LogP contribution in [0.3, 0.4) is 0 Å². The van der Waals surface area contributed by atoms with Gasteiger partial charge in [0.1, 0.15) is 18.8 Å². The monoisotopic (exact) mass is 962 g/mol. The van der Waals surface area contributed by atoms with E-state index in [1.807, 2.05) is 41.5 Å². The van der Waals surface area contributed by atoms with E-state index in [1.54, 1.807) is 6.92 Å². The molecule has 352 valence electrons. The van der Waals surface area contributed by atoms with Crippen LogP contribution in [-0.4, -0.2) is 84.6 Å². The van der Waals surface area contributed by atoms with Gasteiger partial charge in [-0.2, -0.15) is 0 Å². The number of fused-ring (bicyclic) bond motifs is 2. The first-order valence-corrected chi connectivity index (χ1v) is 25.7. The average molecular weight is 963 g/mol. The molecular formula is C46H62N2O12S4. The van der Waals surface area contributed by atoms with Crippen molar-refractivity contribution in [3.05, 3.63) is 31.8 Å². The van der Waals surface area contributed by atoms with Gasteiger partial charge in [-0.15, -0.1) is 0 Å². The standard InChI is InChI=1S/C46H62N2O12S4/c1-10-17-21-28(14-5)41(52)59-32-34-35(62-45(61-34)30-38(49)47(23-19-12-3)48(39(30)50)24-20-13-4)33(60-42(53)29(15-6)22-18-11-2)37-36(32)63-46(64-37)31(43(54)56-16-7)44(55)58-26-25-57-40(51)27(8)9/h28-29H,8,10-26H2,1-7,9H3. The summed E-state index contributed by atoms with van der Waals surface area (Å²) in [5, 5.41) is 3.02. The van der Waals surface area contributed by atoms with Crippen LogP contribution in [0.2, 0.25) is 0 Å². The highest BCUT2D eigenvalue weighted by molar-refractivity contribution is 8.26. The third-order valence-corrected chi connectivity index (χ3v) is 15.7. The van der Waals surface area contributed by atoms with Gasteiger partial charge in [-0.3, -0.25) is 19.2 Å². The van der Waals surface area contributed by atoms with Crippen molar-refractivity contribution in [2.75, 3.05) is 32.9 Å². The summed E-state index contributed by atoms with van der Waals surface area (Å²) in [6.07, 6.45) is 8.50. The predicted octanol–water partition coefficient (Wildman–Crippen LogP) is 10.2. The van der Waals surface area contributed by atoms with Gasteiger partial charge in [-0.25, -0.2) is 24.4 Å². The van der Waals surface area contributed by atoms with E-state index in [9.17, 15) is 33.6 Å². The first kappa shape index (κ1) is 52.8. The third-order valence-electron chi connectivity index (χ3n) is 10.5. The molecule has 4 rings (SSSR count). The number of hydrazine groups is 1. The Hall–Kier alpha value is -3.87. The fourth-order valence-corrected chi connectivity index (χ4v) is 12.2. The molecule has 0 N–H and O–H groups in total. The SMILES string of the molecule is C=C(C)C(=O)OCCOC(=O)C(C(=O)OCC)=C1Sc2c(OC(=O)C(CC)CCCC)c3c(c(OC(=O)C(CC)CCCC)c2S1)SC(=C1C(=O)N(CCCC)N(CCCC)C1=O)S3. The number of thioether (sulfide) groups is 4. The summed E-state index contributed by atoms with van der Waals surface area (Å²) in [7, 11) is 0. The van der Waals surface area contributed by atoms with E-state index in [0.717, 1.165) is 85.6 Å². The van der Waals surface area contributed by atoms with Gasteiger partial charge in [0, 0.05) is 18.7 Å². The van der Waals surface area contributed by atoms with E-state index in [4.69, 9.17) is 23.7 Å². The molecule has 0 aliphatic carbocycles. The smallest absolute Gasteiger partial charge is 0.347 e. The number of amides is 2. The second-order valence-corrected chi connectivity index (χ2v) is 20.0. The number of hydrogen-bond donors (Lipinski definition) is 0. The maximum absolute atomic E-state index is 14.3. The summed E-state index contributed by atoms with van der Waals surface area (Å²) >= 11 is 4.09. The lowest BCUT2D eigenvalue weighted by molar-refractivity contribution is -0.151. The Bertz CT molecular complexity index is 1930. The molecule has 0 radical (unpaired) electrons. The number of unbranched alkanes of at least 4 members (excludes halogenated alkanes) is 4. The number of rotatable bonds is 25. The number of carbonyl (C=O) groups excluding carboxylic acids is 7. The Kier molecular flexibility index (Phi) is 21.2. The van der Waals surface area contributed by atoms with Crippen molar-refractivity contribution in [1.82, 2.24) is 10.0 Å². The molecule has 0 saturated carbocycles. The normalized spacial score (nSPS) is 15.2. The fourth-order valence-electron chi connectivity index (χ4n) is 6.76. The first-order valence-electron chi connectivity index (χ1n) is 22.4. The van der Waals surface area contributed by atoms with Crippen LogP contribution in [-0.2, 0) is 47.8 Å². The van der Waals surface area contributed by atoms with E-state index < -0.39 is 59.1 Å². The minimum Gasteiger partial charge on any atom is -0.462 e. The lowest BCUT2D eigenvalue weighted by Gasteiger charge is -2.27. The molecule has 3 aliphatic rings. The fraction of sp³-hybridized carbons (Fsp3) is 0.587. The maximum atomic E-state index is 14.3. The molecule has 1 saturated heterocycles. The molecule has 0 aromatic heterocycles. The Morgan fingerprint density at radius 3 is 1.38 bits per heavy atom. The highest BCUT2D eigenvalue weighted by Crippen LogP contribution is 2.69. The molecule has 2 unspecified atom stereocenters. The molecule has 18 heteroatoms. The summed E-state index contributed by atoms with van der Waals surface area (Å²) in [5.74, 6) is -5.29. The first-order chi connectivity index (χ1) is 30.7. The second kappa shape index (κ2) is 25.7. The molecule has 0 bridgehead atoms. The quantitative estimate of drug-likeness (QED) is 0.0172. The molecule has 1 aromatic rings. The molecule has 14 nitrogen and oxygen atoms in total. The van der Waals surface area contributed by atoms with Crippen LogP contribution >= 0.6 is 47.0 Å². The van der Waals surface area contributed by atoms with Crippen molar-refractivity contribution in [1.29, 1.82) is 0 Å². The van der Waals surface area contributed by atoms with Gasteiger partial charge in [0.2, 0.25) is 0 Å². The van der Waals surface area contributed by atoms with Gasteiger partial charge in [-0.1, -0.05) is 134 Å². The molecule has 2 amide bonds. The molecule has 1 fully saturated rings. The molecule has 1 aromatic carbocycles. The number of carbonyl (C=O) groups is 7. The molecule has 3 heterocycles. The third kappa shape index (κ3) is 12.7. The van der Waals surface area contributed by atoms with Gasteiger partial charge in [0.15, 0.2) is 17.1 Å². The van der Waals surface area contributed by atoms with Crippen molar-refractivity contribution in [2.45, 2.75) is 152 Å². The lowest BCUT2D eigenvalue weighted by atomic mass is 10.00. The second-order valence-electron chi connectivity index (χ2n) is 15.4. The van der Waals surface area contributed by atoms with Crippen LogP contribution in [0.5, 0.6) is 11.5 Å². The highest BCUT2D eigenvalue weighted by Gasteiger charge is 2.47. The maximum Gasteiger partial charge on any atom is 0.347 e. The zero-order chi connectivity index (χ0) is 47.1. The summed E-state index contributed by atoms with van der Waals surface area (Å²) in [6.45, 7) is 18.5. The predicted molar refractivity (Wildman–Crippen MR) is 248 cm³/mol. The number of hydrogen-bond acceptors (Lipinski definition) is 16. The van der Waals surface area contributed by atoms with Gasteiger partial charge in [0.25, 0.3) is 11.8 Å². The van der Waals surface area contributed by atoms with Crippen molar-refractivity contribution in [3.8, 4) is 11.5 Å². The van der Waals surface area contributed by atoms with E-state index in [1.165, 1.54) is 16.9 Å². The number of benzene rings is 1. The van der Waals surface area contributed by atoms with Crippen LogP contribution in [0.4, 0.5) is 0 Å². The van der Waals surface area contributed by atoms with E-state index in [0.29, 0.717) is 75.4 Å². The molecule has 64 heavy (non-hydrogen) atoms. The van der Waals surface area contributed by atoms with Gasteiger partial charge < -0.3 is 23.7 Å². The summed E-state index contributed by atoms with van der Waals surface area (Å²) in [5.41, 5.74) is -0.311. The minimum absolute atomic E-state index is 0.0148. The molecule has 0 spiro atoms. The van der Waals surface area contributed by atoms with Crippen LogP contribution in [0.25, 0.3) is 0 Å². The molecular weight excluding hydrogens is 901 g/mol. The minimum atomic E-state index is -1.05. The lowest BCUT2D eigenvalue weighted by Crippen LogP contribution is -2.42. The largest absolute Gasteiger partial charge is 0.462 e. The Morgan fingerprint density at radius 2 is 0.984 bits per heavy atom. The zero-order valence-electron chi connectivity index (χ0n) is 38.3. The van der Waals surface area contributed by atoms with Crippen LogP contribution < -0.4 is 9.47 Å². The summed E-state index contributed by atoms with van der Waals surface area (Å²) < 4.78 is 29.1. The Balaban J connectivity index is 1.97. The van der Waals surface area contributed by atoms with Crippen molar-refractivity contribution in [2.24, 2.45) is 11.8 Å². The average Bonchev–Trinajstić information content (AvgIpc) is 3.96. The van der Waals surface area contributed by atoms with Gasteiger partial charge in [-0.05, 0) is 52.4 Å². The molecule has 2 atom stereocenters. The number of ether oxygens (including phenoxy) is 5. The van der Waals surface area contributed by atoms with E-state index >= 15 is 0 Å². The van der Waals surface area contributed by atoms with Crippen molar-refractivity contribution in [3.63, 3.8) is 0 Å². The van der Waals surface area contributed by atoms with Crippen molar-refractivity contribution >= 4 is 88.7 Å². The number of nitrogens with zero attached hydrogens (tertiary/aromatic N) is 2. The van der Waals surface area contributed by atoms with Gasteiger partial charge >= 0.3 is 29.8 Å². The summed E-state index contributed by atoms with van der Waals surface area (Å²) in [4.78, 5) is 97.4. The topological polar surface area (TPSA) is 172 Å². The zero-order valence-corrected chi connectivity index (χ0v) is 41.6. The Labute approximate surface area is 394 Å². The van der Waals surface area contributed by atoms with Crippen molar-refractivity contribution < 1.29 is 57.2 Å². The van der Waals surface area contributed by atoms with Crippen LogP contribution in [0.1, 0.15) is 132 Å². The number of esters is 5. The van der Waals surface area contributed by atoms with E-state index in [-0.39, 0.29) is 46.7 Å². The van der Waals surface area contributed by atoms with Crippen LogP contribution in [0.15, 0.2) is 51.4 Å².